The lowest BCUT2D eigenvalue weighted by Gasteiger charge is -2.31. The van der Waals surface area contributed by atoms with Crippen LogP contribution in [0, 0.1) is 10.1 Å². The Morgan fingerprint density at radius 2 is 2.00 bits per heavy atom. The summed E-state index contributed by atoms with van der Waals surface area (Å²) in [7, 11) is 0. The van der Waals surface area contributed by atoms with Gasteiger partial charge in [-0.25, -0.2) is 0 Å². The number of benzene rings is 1. The van der Waals surface area contributed by atoms with E-state index in [0.29, 0.717) is 25.9 Å². The SMILES string of the molecule is O=C(NC1CCN(C(=O)c2ccco2)CC1)c1ccc(Cl)cc1[N+](=O)[O-]. The number of carbonyl (C=O) groups is 2. The molecule has 1 aromatic carbocycles. The van der Waals surface area contributed by atoms with Crippen LogP contribution in [0.3, 0.4) is 0 Å². The van der Waals surface area contributed by atoms with Gasteiger partial charge >= 0.3 is 0 Å². The van der Waals surface area contributed by atoms with Gasteiger partial charge in [0.05, 0.1) is 11.2 Å². The first kappa shape index (κ1) is 17.9. The van der Waals surface area contributed by atoms with Crippen LogP contribution in [-0.2, 0) is 0 Å². The van der Waals surface area contributed by atoms with Crippen molar-refractivity contribution in [3.63, 3.8) is 0 Å². The number of piperidine rings is 1. The number of hydrogen-bond acceptors (Lipinski definition) is 5. The number of hydrogen-bond donors (Lipinski definition) is 1. The number of amides is 2. The van der Waals surface area contributed by atoms with Crippen LogP contribution in [0.1, 0.15) is 33.8 Å². The molecule has 1 aliphatic heterocycles. The molecule has 2 aromatic rings. The molecule has 1 N–H and O–H groups in total. The molecule has 1 fully saturated rings. The van der Waals surface area contributed by atoms with Gasteiger partial charge in [0.15, 0.2) is 5.76 Å². The van der Waals surface area contributed by atoms with Gasteiger partial charge in [-0.1, -0.05) is 11.6 Å². The van der Waals surface area contributed by atoms with Crippen molar-refractivity contribution in [1.29, 1.82) is 0 Å². The minimum atomic E-state index is -0.634. The largest absolute Gasteiger partial charge is 0.459 e. The average Bonchev–Trinajstić information content (AvgIpc) is 3.16. The van der Waals surface area contributed by atoms with Crippen LogP contribution in [0.5, 0.6) is 0 Å². The van der Waals surface area contributed by atoms with Crippen molar-refractivity contribution in [3.05, 3.63) is 63.1 Å². The van der Waals surface area contributed by atoms with Gasteiger partial charge in [0.25, 0.3) is 17.5 Å². The van der Waals surface area contributed by atoms with Crippen LogP contribution >= 0.6 is 11.6 Å². The molecule has 136 valence electrons. The Kier molecular flexibility index (Phi) is 5.22. The number of furan rings is 1. The van der Waals surface area contributed by atoms with Crippen LogP contribution < -0.4 is 5.32 Å². The molecule has 0 spiro atoms. The Balaban J connectivity index is 1.60. The molecule has 0 radical (unpaired) electrons. The minimum Gasteiger partial charge on any atom is -0.459 e. The fourth-order valence-electron chi connectivity index (χ4n) is 2.89. The molecule has 1 saturated heterocycles. The molecule has 8 nitrogen and oxygen atoms in total. The highest BCUT2D eigenvalue weighted by atomic mass is 35.5. The van der Waals surface area contributed by atoms with Crippen molar-refractivity contribution in [2.45, 2.75) is 18.9 Å². The first-order valence-corrected chi connectivity index (χ1v) is 8.41. The lowest BCUT2D eigenvalue weighted by molar-refractivity contribution is -0.385. The Labute approximate surface area is 153 Å². The van der Waals surface area contributed by atoms with E-state index in [9.17, 15) is 19.7 Å². The predicted molar refractivity (Wildman–Crippen MR) is 93.2 cm³/mol. The maximum absolute atomic E-state index is 12.4. The maximum atomic E-state index is 12.4. The number of rotatable bonds is 4. The first-order chi connectivity index (χ1) is 12.5. The lowest BCUT2D eigenvalue weighted by atomic mass is 10.0. The molecule has 2 amide bonds. The third-order valence-corrected chi connectivity index (χ3v) is 4.49. The fourth-order valence-corrected chi connectivity index (χ4v) is 3.06. The molecule has 0 saturated carbocycles. The molecule has 9 heteroatoms. The zero-order valence-corrected chi connectivity index (χ0v) is 14.4. The summed E-state index contributed by atoms with van der Waals surface area (Å²) in [5, 5.41) is 14.1. The van der Waals surface area contributed by atoms with Crippen molar-refractivity contribution < 1.29 is 18.9 Å². The van der Waals surface area contributed by atoms with Gasteiger partial charge in [-0.15, -0.1) is 0 Å². The molecule has 3 rings (SSSR count). The molecular formula is C17H16ClN3O5. The van der Waals surface area contributed by atoms with Gasteiger partial charge in [-0.05, 0) is 37.1 Å². The quantitative estimate of drug-likeness (QED) is 0.651. The zero-order chi connectivity index (χ0) is 18.7. The van der Waals surface area contributed by atoms with E-state index in [2.05, 4.69) is 5.32 Å². The van der Waals surface area contributed by atoms with E-state index in [1.165, 1.54) is 18.4 Å². The summed E-state index contributed by atoms with van der Waals surface area (Å²) >= 11 is 5.76. The van der Waals surface area contributed by atoms with Crippen molar-refractivity contribution in [3.8, 4) is 0 Å². The number of nitro benzene ring substituents is 1. The van der Waals surface area contributed by atoms with E-state index >= 15 is 0 Å². The third kappa shape index (κ3) is 3.85. The molecule has 0 unspecified atom stereocenters. The smallest absolute Gasteiger partial charge is 0.289 e. The van der Waals surface area contributed by atoms with E-state index in [1.807, 2.05) is 0 Å². The normalized spacial score (nSPS) is 14.9. The van der Waals surface area contributed by atoms with Gasteiger partial charge in [-0.3, -0.25) is 19.7 Å². The van der Waals surface area contributed by atoms with Crippen LogP contribution in [0.25, 0.3) is 0 Å². The van der Waals surface area contributed by atoms with E-state index in [1.54, 1.807) is 17.0 Å². The minimum absolute atomic E-state index is 0.0338. The Bertz CT molecular complexity index is 829. The summed E-state index contributed by atoms with van der Waals surface area (Å²) in [6, 6.07) is 7.02. The highest BCUT2D eigenvalue weighted by Crippen LogP contribution is 2.24. The monoisotopic (exact) mass is 377 g/mol. The summed E-state index contributed by atoms with van der Waals surface area (Å²) < 4.78 is 5.11. The molecule has 0 bridgehead atoms. The second-order valence-electron chi connectivity index (χ2n) is 5.94. The van der Waals surface area contributed by atoms with Gasteiger partial charge in [0.2, 0.25) is 0 Å². The molecule has 0 atom stereocenters. The summed E-state index contributed by atoms with van der Waals surface area (Å²) in [5.74, 6) is -0.429. The highest BCUT2D eigenvalue weighted by molar-refractivity contribution is 6.31. The molecule has 2 heterocycles. The predicted octanol–water partition coefficient (Wildman–Crippen LogP) is 2.88. The molecule has 0 aliphatic carbocycles. The van der Waals surface area contributed by atoms with Crippen molar-refractivity contribution in [2.24, 2.45) is 0 Å². The molecule has 26 heavy (non-hydrogen) atoms. The lowest BCUT2D eigenvalue weighted by Crippen LogP contribution is -2.46. The summed E-state index contributed by atoms with van der Waals surface area (Å²) in [6.07, 6.45) is 2.55. The fraction of sp³-hybridized carbons (Fsp3) is 0.294. The van der Waals surface area contributed by atoms with E-state index in [0.717, 1.165) is 6.07 Å². The summed E-state index contributed by atoms with van der Waals surface area (Å²) in [4.78, 5) is 36.8. The van der Waals surface area contributed by atoms with Gasteiger partial charge in [0.1, 0.15) is 5.56 Å². The second-order valence-corrected chi connectivity index (χ2v) is 6.37. The second kappa shape index (κ2) is 7.57. The maximum Gasteiger partial charge on any atom is 0.289 e. The zero-order valence-electron chi connectivity index (χ0n) is 13.7. The first-order valence-electron chi connectivity index (χ1n) is 8.03. The van der Waals surface area contributed by atoms with Crippen molar-refractivity contribution >= 4 is 29.1 Å². The van der Waals surface area contributed by atoms with Gasteiger partial charge in [0, 0.05) is 30.2 Å². The van der Waals surface area contributed by atoms with E-state index < -0.39 is 10.8 Å². The standard InChI is InChI=1S/C17H16ClN3O5/c18-11-3-4-13(14(10-11)21(24)25)16(22)19-12-5-7-20(8-6-12)17(23)15-2-1-9-26-15/h1-4,9-10,12H,5-8H2,(H,19,22). The van der Waals surface area contributed by atoms with Crippen molar-refractivity contribution in [1.82, 2.24) is 10.2 Å². The van der Waals surface area contributed by atoms with E-state index in [4.69, 9.17) is 16.0 Å². The van der Waals surface area contributed by atoms with Crippen LogP contribution in [-0.4, -0.2) is 40.8 Å². The molecule has 1 aliphatic rings. The number of likely N-dealkylation sites (tertiary alicyclic amines) is 1. The third-order valence-electron chi connectivity index (χ3n) is 4.25. The number of carbonyl (C=O) groups excluding carboxylic acids is 2. The molecule has 1 aromatic heterocycles. The molecular weight excluding hydrogens is 362 g/mol. The number of nitrogens with zero attached hydrogens (tertiary/aromatic N) is 2. The summed E-state index contributed by atoms with van der Waals surface area (Å²) in [6.45, 7) is 0.931. The summed E-state index contributed by atoms with van der Waals surface area (Å²) in [5.41, 5.74) is -0.367. The Morgan fingerprint density at radius 3 is 2.62 bits per heavy atom. The number of halogens is 1. The van der Waals surface area contributed by atoms with Crippen LogP contribution in [0.2, 0.25) is 5.02 Å². The van der Waals surface area contributed by atoms with Crippen molar-refractivity contribution in [2.75, 3.05) is 13.1 Å². The Hall–Kier alpha value is -2.87. The number of nitro groups is 1. The van der Waals surface area contributed by atoms with Crippen LogP contribution in [0.4, 0.5) is 5.69 Å². The van der Waals surface area contributed by atoms with Crippen LogP contribution in [0.15, 0.2) is 41.0 Å². The van der Waals surface area contributed by atoms with Gasteiger partial charge < -0.3 is 14.6 Å². The Morgan fingerprint density at radius 1 is 1.27 bits per heavy atom. The average molecular weight is 378 g/mol. The topological polar surface area (TPSA) is 106 Å². The van der Waals surface area contributed by atoms with E-state index in [-0.39, 0.29) is 34.0 Å². The van der Waals surface area contributed by atoms with Gasteiger partial charge in [-0.2, -0.15) is 0 Å². The highest BCUT2D eigenvalue weighted by Gasteiger charge is 2.28. The number of nitrogens with one attached hydrogen (secondary N) is 1.